The number of piperazine rings is 1. The van der Waals surface area contributed by atoms with E-state index in [1.165, 1.54) is 0 Å². The Bertz CT molecular complexity index is 92.9. The minimum atomic E-state index is 0.547. The van der Waals surface area contributed by atoms with Gasteiger partial charge in [0.2, 0.25) is 0 Å². The van der Waals surface area contributed by atoms with Crippen molar-refractivity contribution in [2.75, 3.05) is 20.1 Å². The number of likely N-dealkylation sites (N-methyl/N-ethyl adjacent to an activating group) is 1. The number of rotatable bonds is 0. The highest BCUT2D eigenvalue weighted by atomic mass is 15.2. The van der Waals surface area contributed by atoms with Gasteiger partial charge in [-0.15, -0.1) is 0 Å². The van der Waals surface area contributed by atoms with Crippen LogP contribution >= 0.6 is 0 Å². The Kier molecular flexibility index (Phi) is 2.09. The van der Waals surface area contributed by atoms with Crippen LogP contribution in [-0.4, -0.2) is 37.1 Å². The molecule has 2 unspecified atom stereocenters. The molecule has 0 aromatic rings. The van der Waals surface area contributed by atoms with E-state index in [1.54, 1.807) is 0 Å². The van der Waals surface area contributed by atoms with Crippen LogP contribution in [-0.2, 0) is 0 Å². The Balaban J connectivity index is 2.35. The van der Waals surface area contributed by atoms with Crippen LogP contribution in [0.4, 0.5) is 0 Å². The van der Waals surface area contributed by atoms with Crippen molar-refractivity contribution in [3.05, 3.63) is 0 Å². The van der Waals surface area contributed by atoms with Crippen LogP contribution < -0.4 is 5.32 Å². The molecule has 9 heavy (non-hydrogen) atoms. The van der Waals surface area contributed by atoms with Gasteiger partial charge in [0, 0.05) is 25.2 Å². The van der Waals surface area contributed by atoms with Crippen molar-refractivity contribution >= 4 is 0 Å². The molecule has 1 heterocycles. The molecule has 1 rings (SSSR count). The second kappa shape index (κ2) is 2.67. The molecule has 0 N–H and O–H groups in total. The van der Waals surface area contributed by atoms with E-state index in [2.05, 4.69) is 31.1 Å². The fraction of sp³-hybridized carbons (Fsp3) is 1.00. The van der Waals surface area contributed by atoms with E-state index < -0.39 is 0 Å². The maximum absolute atomic E-state index is 4.42. The van der Waals surface area contributed by atoms with Crippen LogP contribution in [0.15, 0.2) is 0 Å². The number of hydrogen-bond acceptors (Lipinski definition) is 1. The Hall–Kier alpha value is -0.0800. The van der Waals surface area contributed by atoms with E-state index in [9.17, 15) is 0 Å². The van der Waals surface area contributed by atoms with E-state index in [0.717, 1.165) is 13.1 Å². The normalized spacial score (nSPS) is 39.0. The molecule has 0 spiro atoms. The Morgan fingerprint density at radius 2 is 2.11 bits per heavy atom. The third-order valence-electron chi connectivity index (χ3n) is 1.99. The highest BCUT2D eigenvalue weighted by Gasteiger charge is 2.18. The van der Waals surface area contributed by atoms with E-state index in [4.69, 9.17) is 0 Å². The molecule has 1 radical (unpaired) electrons. The Morgan fingerprint density at radius 3 is 2.56 bits per heavy atom. The summed E-state index contributed by atoms with van der Waals surface area (Å²) in [6.07, 6.45) is 0. The Labute approximate surface area is 57.2 Å². The van der Waals surface area contributed by atoms with Crippen molar-refractivity contribution in [2.45, 2.75) is 25.9 Å². The maximum atomic E-state index is 4.42. The molecule has 0 bridgehead atoms. The van der Waals surface area contributed by atoms with Crippen molar-refractivity contribution in [3.63, 3.8) is 0 Å². The molecule has 2 nitrogen and oxygen atoms in total. The van der Waals surface area contributed by atoms with Gasteiger partial charge in [-0.3, -0.25) is 0 Å². The van der Waals surface area contributed by atoms with Crippen molar-refractivity contribution in [1.29, 1.82) is 0 Å². The highest BCUT2D eigenvalue weighted by Crippen LogP contribution is 2.03. The molecular weight excluding hydrogens is 112 g/mol. The molecular formula is C7H15N2. The molecule has 2 atom stereocenters. The number of nitrogens with zero attached hydrogens (tertiary/aromatic N) is 2. The molecule has 1 aliphatic heterocycles. The molecule has 1 fully saturated rings. The van der Waals surface area contributed by atoms with Gasteiger partial charge >= 0.3 is 0 Å². The second-order valence-electron chi connectivity index (χ2n) is 3.00. The van der Waals surface area contributed by atoms with Crippen molar-refractivity contribution in [2.24, 2.45) is 0 Å². The fourth-order valence-electron chi connectivity index (χ4n) is 1.13. The summed E-state index contributed by atoms with van der Waals surface area (Å²) < 4.78 is 0. The molecule has 53 valence electrons. The standard InChI is InChI=1S/C7H15N2/c1-6-5-9(3)7(2)4-8-6/h6-7H,4-5H2,1-3H3. The lowest BCUT2D eigenvalue weighted by Crippen LogP contribution is -2.48. The van der Waals surface area contributed by atoms with Gasteiger partial charge in [0.25, 0.3) is 0 Å². The topological polar surface area (TPSA) is 17.3 Å². The van der Waals surface area contributed by atoms with Crippen LogP contribution in [0.5, 0.6) is 0 Å². The molecule has 1 aliphatic rings. The molecule has 0 aromatic heterocycles. The summed E-state index contributed by atoms with van der Waals surface area (Å²) >= 11 is 0. The Morgan fingerprint density at radius 1 is 1.44 bits per heavy atom. The minimum Gasteiger partial charge on any atom is -0.301 e. The summed E-state index contributed by atoms with van der Waals surface area (Å²) in [7, 11) is 2.16. The molecule has 1 saturated heterocycles. The molecule has 0 amide bonds. The van der Waals surface area contributed by atoms with Gasteiger partial charge < -0.3 is 4.90 Å². The zero-order chi connectivity index (χ0) is 6.85. The molecule has 0 aliphatic carbocycles. The lowest BCUT2D eigenvalue weighted by molar-refractivity contribution is 0.179. The largest absolute Gasteiger partial charge is 0.301 e. The molecule has 2 heteroatoms. The predicted molar refractivity (Wildman–Crippen MR) is 38.6 cm³/mol. The summed E-state index contributed by atoms with van der Waals surface area (Å²) in [6, 6.07) is 1.20. The SMILES string of the molecule is CC1CN(C)C(C)C[N]1. The van der Waals surface area contributed by atoms with E-state index in [1.807, 2.05) is 0 Å². The first-order valence-corrected chi connectivity index (χ1v) is 3.57. The van der Waals surface area contributed by atoms with Gasteiger partial charge in [-0.25, -0.2) is 5.32 Å². The van der Waals surface area contributed by atoms with Crippen LogP contribution in [0.25, 0.3) is 0 Å². The van der Waals surface area contributed by atoms with E-state index in [0.29, 0.717) is 12.1 Å². The van der Waals surface area contributed by atoms with Crippen molar-refractivity contribution in [3.8, 4) is 0 Å². The van der Waals surface area contributed by atoms with Gasteiger partial charge in [-0.05, 0) is 20.9 Å². The maximum Gasteiger partial charge on any atom is 0.0345 e. The highest BCUT2D eigenvalue weighted by molar-refractivity contribution is 4.77. The van der Waals surface area contributed by atoms with E-state index in [-0.39, 0.29) is 0 Å². The summed E-state index contributed by atoms with van der Waals surface area (Å²) in [5, 5.41) is 4.42. The summed E-state index contributed by atoms with van der Waals surface area (Å²) in [5.41, 5.74) is 0. The predicted octanol–water partition coefficient (Wildman–Crippen LogP) is 0.313. The second-order valence-corrected chi connectivity index (χ2v) is 3.00. The quantitative estimate of drug-likeness (QED) is 0.458. The smallest absolute Gasteiger partial charge is 0.0345 e. The minimum absolute atomic E-state index is 0.547. The first kappa shape index (κ1) is 7.03. The van der Waals surface area contributed by atoms with Crippen molar-refractivity contribution in [1.82, 2.24) is 10.2 Å². The zero-order valence-corrected chi connectivity index (χ0v) is 6.46. The average Bonchev–Trinajstić information content (AvgIpc) is 1.80. The first-order valence-electron chi connectivity index (χ1n) is 3.57. The van der Waals surface area contributed by atoms with Crippen LogP contribution in [0.2, 0.25) is 0 Å². The van der Waals surface area contributed by atoms with Crippen molar-refractivity contribution < 1.29 is 0 Å². The number of hydrogen-bond donors (Lipinski definition) is 0. The molecule has 0 saturated carbocycles. The summed E-state index contributed by atoms with van der Waals surface area (Å²) in [6.45, 7) is 6.52. The third kappa shape index (κ3) is 1.66. The summed E-state index contributed by atoms with van der Waals surface area (Å²) in [4.78, 5) is 2.36. The fourth-order valence-corrected chi connectivity index (χ4v) is 1.13. The van der Waals surface area contributed by atoms with E-state index >= 15 is 0 Å². The summed E-state index contributed by atoms with van der Waals surface area (Å²) in [5.74, 6) is 0. The van der Waals surface area contributed by atoms with Gasteiger partial charge in [0.05, 0.1) is 0 Å². The van der Waals surface area contributed by atoms with Gasteiger partial charge in [-0.1, -0.05) is 0 Å². The zero-order valence-electron chi connectivity index (χ0n) is 6.46. The first-order chi connectivity index (χ1) is 4.20. The monoisotopic (exact) mass is 127 g/mol. The lowest BCUT2D eigenvalue weighted by Gasteiger charge is -2.33. The van der Waals surface area contributed by atoms with Crippen LogP contribution in [0.1, 0.15) is 13.8 Å². The lowest BCUT2D eigenvalue weighted by atomic mass is 10.2. The van der Waals surface area contributed by atoms with Gasteiger partial charge in [-0.2, -0.15) is 0 Å². The van der Waals surface area contributed by atoms with Crippen LogP contribution in [0.3, 0.4) is 0 Å². The van der Waals surface area contributed by atoms with Gasteiger partial charge in [0.1, 0.15) is 0 Å². The third-order valence-corrected chi connectivity index (χ3v) is 1.99. The van der Waals surface area contributed by atoms with Gasteiger partial charge in [0.15, 0.2) is 0 Å². The molecule has 0 aromatic carbocycles. The average molecular weight is 127 g/mol. The van der Waals surface area contributed by atoms with Crippen LogP contribution in [0, 0.1) is 0 Å².